The van der Waals surface area contributed by atoms with E-state index in [-0.39, 0.29) is 12.5 Å². The van der Waals surface area contributed by atoms with Crippen molar-refractivity contribution >= 4 is 5.91 Å². The number of carbonyl (C=O) groups is 1. The van der Waals surface area contributed by atoms with Crippen LogP contribution >= 0.6 is 0 Å². The smallest absolute Gasteiger partial charge is 0.254 e. The Morgan fingerprint density at radius 3 is 2.67 bits per heavy atom. The number of rotatable bonds is 4. The van der Waals surface area contributed by atoms with E-state index in [9.17, 15) is 4.79 Å². The summed E-state index contributed by atoms with van der Waals surface area (Å²) in [6.07, 6.45) is 0. The molecular weight excluding hydrogens is 302 g/mol. The zero-order chi connectivity index (χ0) is 17.1. The van der Waals surface area contributed by atoms with Gasteiger partial charge in [0.25, 0.3) is 5.91 Å². The van der Waals surface area contributed by atoms with Gasteiger partial charge in [-0.15, -0.1) is 0 Å². The maximum absolute atomic E-state index is 12.5. The van der Waals surface area contributed by atoms with Crippen molar-refractivity contribution in [3.8, 4) is 11.4 Å². The Morgan fingerprint density at radius 1 is 1.12 bits per heavy atom. The van der Waals surface area contributed by atoms with Gasteiger partial charge in [-0.25, -0.2) is 0 Å². The molecule has 1 aromatic heterocycles. The molecule has 0 saturated heterocycles. The summed E-state index contributed by atoms with van der Waals surface area (Å²) in [6.45, 7) is 4.20. The van der Waals surface area contributed by atoms with Gasteiger partial charge in [-0.1, -0.05) is 47.1 Å². The van der Waals surface area contributed by atoms with Crippen molar-refractivity contribution in [2.24, 2.45) is 0 Å². The van der Waals surface area contributed by atoms with Gasteiger partial charge in [-0.3, -0.25) is 4.79 Å². The zero-order valence-electron chi connectivity index (χ0n) is 14.0. The van der Waals surface area contributed by atoms with Crippen LogP contribution in [0.1, 0.15) is 27.4 Å². The summed E-state index contributed by atoms with van der Waals surface area (Å²) in [7, 11) is 1.73. The summed E-state index contributed by atoms with van der Waals surface area (Å²) in [4.78, 5) is 18.5. The van der Waals surface area contributed by atoms with Crippen molar-refractivity contribution in [1.82, 2.24) is 15.0 Å². The van der Waals surface area contributed by atoms with Crippen molar-refractivity contribution in [3.63, 3.8) is 0 Å². The number of aromatic nitrogens is 2. The van der Waals surface area contributed by atoms with Crippen LogP contribution in [0.25, 0.3) is 11.4 Å². The fourth-order valence-corrected chi connectivity index (χ4v) is 2.51. The molecular formula is C19H19N3O2. The topological polar surface area (TPSA) is 59.2 Å². The molecule has 3 rings (SSSR count). The Labute approximate surface area is 140 Å². The molecule has 0 spiro atoms. The van der Waals surface area contributed by atoms with E-state index < -0.39 is 0 Å². The largest absolute Gasteiger partial charge is 0.337 e. The third-order valence-corrected chi connectivity index (χ3v) is 3.84. The van der Waals surface area contributed by atoms with Crippen molar-refractivity contribution in [2.45, 2.75) is 20.4 Å². The summed E-state index contributed by atoms with van der Waals surface area (Å²) in [6, 6.07) is 15.4. The third-order valence-electron chi connectivity index (χ3n) is 3.84. The molecule has 1 amide bonds. The number of hydrogen-bond donors (Lipinski definition) is 0. The molecule has 122 valence electrons. The SMILES string of the molecule is Cc1cccc(-c2noc(CN(C)C(=O)c3ccccc3C)n2)c1. The molecule has 0 bridgehead atoms. The van der Waals surface area contributed by atoms with E-state index in [1.165, 1.54) is 0 Å². The predicted octanol–water partition coefficient (Wildman–Crippen LogP) is 3.63. The second-order valence-corrected chi connectivity index (χ2v) is 5.86. The first-order chi connectivity index (χ1) is 11.5. The Hall–Kier alpha value is -2.95. The first-order valence-corrected chi connectivity index (χ1v) is 7.75. The average Bonchev–Trinajstić information content (AvgIpc) is 3.03. The van der Waals surface area contributed by atoms with Gasteiger partial charge in [-0.2, -0.15) is 4.98 Å². The van der Waals surface area contributed by atoms with E-state index >= 15 is 0 Å². The molecule has 24 heavy (non-hydrogen) atoms. The van der Waals surface area contributed by atoms with Crippen molar-refractivity contribution in [3.05, 3.63) is 71.1 Å². The van der Waals surface area contributed by atoms with Crippen molar-refractivity contribution in [2.75, 3.05) is 7.05 Å². The number of carbonyl (C=O) groups excluding carboxylic acids is 1. The highest BCUT2D eigenvalue weighted by Gasteiger charge is 2.17. The molecule has 0 aliphatic rings. The highest BCUT2D eigenvalue weighted by Crippen LogP contribution is 2.18. The molecule has 5 nitrogen and oxygen atoms in total. The van der Waals surface area contributed by atoms with Crippen LogP contribution in [0.5, 0.6) is 0 Å². The van der Waals surface area contributed by atoms with Gasteiger partial charge in [0.05, 0.1) is 6.54 Å². The van der Waals surface area contributed by atoms with E-state index in [0.717, 1.165) is 16.7 Å². The van der Waals surface area contributed by atoms with Gasteiger partial charge in [0.2, 0.25) is 11.7 Å². The van der Waals surface area contributed by atoms with E-state index in [1.807, 2.05) is 62.4 Å². The fourth-order valence-electron chi connectivity index (χ4n) is 2.51. The van der Waals surface area contributed by atoms with E-state index in [1.54, 1.807) is 11.9 Å². The normalized spacial score (nSPS) is 10.6. The first kappa shape index (κ1) is 15.9. The van der Waals surface area contributed by atoms with Crippen LogP contribution in [0.4, 0.5) is 0 Å². The Kier molecular flexibility index (Phi) is 4.42. The maximum atomic E-state index is 12.5. The lowest BCUT2D eigenvalue weighted by Crippen LogP contribution is -2.27. The second kappa shape index (κ2) is 6.66. The van der Waals surface area contributed by atoms with Gasteiger partial charge in [0.15, 0.2) is 0 Å². The summed E-state index contributed by atoms with van der Waals surface area (Å²) in [5.74, 6) is 0.879. The minimum atomic E-state index is -0.0663. The number of hydrogen-bond acceptors (Lipinski definition) is 4. The molecule has 1 heterocycles. The molecule has 0 N–H and O–H groups in total. The first-order valence-electron chi connectivity index (χ1n) is 7.75. The summed E-state index contributed by atoms with van der Waals surface area (Å²) < 4.78 is 5.29. The maximum Gasteiger partial charge on any atom is 0.254 e. The Morgan fingerprint density at radius 2 is 1.92 bits per heavy atom. The van der Waals surface area contributed by atoms with Crippen molar-refractivity contribution in [1.29, 1.82) is 0 Å². The molecule has 0 atom stereocenters. The average molecular weight is 321 g/mol. The molecule has 0 fully saturated rings. The minimum absolute atomic E-state index is 0.0663. The summed E-state index contributed by atoms with van der Waals surface area (Å²) in [5.41, 5.74) is 3.65. The van der Waals surface area contributed by atoms with Gasteiger partial charge in [0, 0.05) is 18.2 Å². The minimum Gasteiger partial charge on any atom is -0.337 e. The van der Waals surface area contributed by atoms with Gasteiger partial charge >= 0.3 is 0 Å². The van der Waals surface area contributed by atoms with Crippen LogP contribution in [-0.4, -0.2) is 28.0 Å². The Balaban J connectivity index is 1.75. The quantitative estimate of drug-likeness (QED) is 0.736. The third kappa shape index (κ3) is 3.35. The molecule has 0 aliphatic heterocycles. The molecule has 0 unspecified atom stereocenters. The lowest BCUT2D eigenvalue weighted by atomic mass is 10.1. The summed E-state index contributed by atoms with van der Waals surface area (Å²) in [5, 5.41) is 4.01. The predicted molar refractivity (Wildman–Crippen MR) is 91.4 cm³/mol. The molecule has 5 heteroatoms. The number of benzene rings is 2. The lowest BCUT2D eigenvalue weighted by Gasteiger charge is -2.16. The monoisotopic (exact) mass is 321 g/mol. The van der Waals surface area contributed by atoms with Gasteiger partial charge in [-0.05, 0) is 31.5 Å². The molecule has 0 aliphatic carbocycles. The fraction of sp³-hybridized carbons (Fsp3) is 0.211. The zero-order valence-corrected chi connectivity index (χ0v) is 14.0. The Bertz CT molecular complexity index is 870. The second-order valence-electron chi connectivity index (χ2n) is 5.86. The molecule has 2 aromatic carbocycles. The van der Waals surface area contributed by atoms with Crippen LogP contribution in [0, 0.1) is 13.8 Å². The van der Waals surface area contributed by atoms with Crippen LogP contribution in [-0.2, 0) is 6.54 Å². The number of aryl methyl sites for hydroxylation is 2. The van der Waals surface area contributed by atoms with Gasteiger partial charge < -0.3 is 9.42 Å². The molecule has 3 aromatic rings. The molecule has 0 radical (unpaired) electrons. The van der Waals surface area contributed by atoms with Crippen molar-refractivity contribution < 1.29 is 9.32 Å². The van der Waals surface area contributed by atoms with Crippen LogP contribution < -0.4 is 0 Å². The van der Waals surface area contributed by atoms with E-state index in [0.29, 0.717) is 17.3 Å². The van der Waals surface area contributed by atoms with E-state index in [4.69, 9.17) is 4.52 Å². The van der Waals surface area contributed by atoms with E-state index in [2.05, 4.69) is 10.1 Å². The summed E-state index contributed by atoms with van der Waals surface area (Å²) >= 11 is 0. The lowest BCUT2D eigenvalue weighted by molar-refractivity contribution is 0.0769. The van der Waals surface area contributed by atoms with Crippen LogP contribution in [0.3, 0.4) is 0 Å². The highest BCUT2D eigenvalue weighted by molar-refractivity contribution is 5.95. The van der Waals surface area contributed by atoms with Crippen LogP contribution in [0.2, 0.25) is 0 Å². The number of nitrogens with zero attached hydrogens (tertiary/aromatic N) is 3. The standard InChI is InChI=1S/C19H19N3O2/c1-13-7-6-9-15(11-13)18-20-17(24-21-18)12-22(3)19(23)16-10-5-4-8-14(16)2/h4-11H,12H2,1-3H3. The number of amides is 1. The molecule has 0 saturated carbocycles. The van der Waals surface area contributed by atoms with Gasteiger partial charge in [0.1, 0.15) is 0 Å². The van der Waals surface area contributed by atoms with Crippen LogP contribution in [0.15, 0.2) is 53.1 Å². The highest BCUT2D eigenvalue weighted by atomic mass is 16.5.